The number of benzene rings is 1. The number of amidine groups is 3. The number of aromatic nitrogens is 1. The number of methoxy groups -OCH3 is 1. The van der Waals surface area contributed by atoms with Crippen LogP contribution in [0.15, 0.2) is 46.0 Å². The molecule has 0 spiro atoms. The van der Waals surface area contributed by atoms with Gasteiger partial charge in [-0.05, 0) is 68.3 Å². The van der Waals surface area contributed by atoms with E-state index >= 15 is 0 Å². The summed E-state index contributed by atoms with van der Waals surface area (Å²) in [6.45, 7) is 5.92. The first-order valence-corrected chi connectivity index (χ1v) is 11.4. The quantitative estimate of drug-likeness (QED) is 0.723. The lowest BCUT2D eigenvalue weighted by Crippen LogP contribution is -2.35. The standard InChI is InChI=1S/C23H24N6O2S/c1-14-11-16(15(2)28(14)17-7-6-8-18(13-17)31-3)12-19-20(24)29-22(25-21(19)30)32-23(26-29)27-9-4-5-10-27/h6-8,11-13,24H,4-5,9-10H2,1-3H3/b19-12+,24-20?. The number of aryl methyl sites for hydroxylation is 1. The van der Waals surface area contributed by atoms with Crippen molar-refractivity contribution in [1.82, 2.24) is 14.5 Å². The summed E-state index contributed by atoms with van der Waals surface area (Å²) in [5.74, 6) is 0.435. The van der Waals surface area contributed by atoms with Gasteiger partial charge in [0.25, 0.3) is 5.91 Å². The minimum atomic E-state index is -0.405. The summed E-state index contributed by atoms with van der Waals surface area (Å²) in [6, 6.07) is 9.85. The molecule has 8 nitrogen and oxygen atoms in total. The van der Waals surface area contributed by atoms with Crippen LogP contribution >= 0.6 is 11.8 Å². The van der Waals surface area contributed by atoms with E-state index < -0.39 is 5.91 Å². The second-order valence-corrected chi connectivity index (χ2v) is 8.89. The molecular formula is C23H24N6O2S. The topological polar surface area (TPSA) is 86.3 Å². The highest BCUT2D eigenvalue weighted by molar-refractivity contribution is 8.26. The highest BCUT2D eigenvalue weighted by Gasteiger charge is 2.37. The van der Waals surface area contributed by atoms with E-state index in [9.17, 15) is 4.79 Å². The van der Waals surface area contributed by atoms with Crippen LogP contribution in [0.1, 0.15) is 29.8 Å². The Bertz CT molecular complexity index is 1220. The van der Waals surface area contributed by atoms with Gasteiger partial charge < -0.3 is 14.2 Å². The van der Waals surface area contributed by atoms with Crippen LogP contribution in [0.3, 0.4) is 0 Å². The molecule has 3 aliphatic heterocycles. The fraction of sp³-hybridized carbons (Fsp3) is 0.304. The predicted molar refractivity (Wildman–Crippen MR) is 128 cm³/mol. The Kier molecular flexibility index (Phi) is 5.13. The lowest BCUT2D eigenvalue weighted by atomic mass is 10.1. The molecule has 4 heterocycles. The van der Waals surface area contributed by atoms with E-state index in [1.165, 1.54) is 16.8 Å². The van der Waals surface area contributed by atoms with Crippen LogP contribution < -0.4 is 4.74 Å². The van der Waals surface area contributed by atoms with Gasteiger partial charge in [-0.25, -0.2) is 0 Å². The molecule has 0 saturated carbocycles. The number of nitrogens with one attached hydrogen (secondary N) is 1. The molecule has 1 fully saturated rings. The molecular weight excluding hydrogens is 424 g/mol. The van der Waals surface area contributed by atoms with Crippen molar-refractivity contribution in [2.24, 2.45) is 10.1 Å². The third kappa shape index (κ3) is 3.42. The average Bonchev–Trinajstić information content (AvgIpc) is 3.51. The Morgan fingerprint density at radius 2 is 1.94 bits per heavy atom. The molecule has 1 aromatic carbocycles. The number of amides is 1. The van der Waals surface area contributed by atoms with Crippen molar-refractivity contribution in [2.45, 2.75) is 26.7 Å². The number of ether oxygens (including phenoxy) is 1. The SMILES string of the molecule is COc1cccc(-n2c(C)cc(/C=C3\C(=N)N4N=C(N5CCCC5)SC4=NC3=O)c2C)c1. The van der Waals surface area contributed by atoms with E-state index in [2.05, 4.69) is 19.6 Å². The van der Waals surface area contributed by atoms with Gasteiger partial charge in [-0.15, -0.1) is 5.10 Å². The molecule has 9 heteroatoms. The third-order valence-corrected chi connectivity index (χ3v) is 6.87. The minimum Gasteiger partial charge on any atom is -0.497 e. The van der Waals surface area contributed by atoms with Crippen molar-refractivity contribution < 1.29 is 9.53 Å². The van der Waals surface area contributed by atoms with Gasteiger partial charge >= 0.3 is 0 Å². The second-order valence-electron chi connectivity index (χ2n) is 7.96. The summed E-state index contributed by atoms with van der Waals surface area (Å²) in [5.41, 5.74) is 4.08. The zero-order valence-electron chi connectivity index (χ0n) is 18.3. The van der Waals surface area contributed by atoms with Gasteiger partial charge in [-0.2, -0.15) is 10.0 Å². The van der Waals surface area contributed by atoms with Crippen molar-refractivity contribution >= 4 is 39.9 Å². The Balaban J connectivity index is 1.49. The third-order valence-electron chi connectivity index (χ3n) is 5.90. The largest absolute Gasteiger partial charge is 0.497 e. The Morgan fingerprint density at radius 3 is 2.69 bits per heavy atom. The maximum absolute atomic E-state index is 12.8. The molecule has 2 aromatic rings. The van der Waals surface area contributed by atoms with Crippen molar-refractivity contribution in [3.63, 3.8) is 0 Å². The molecule has 5 rings (SSSR count). The molecule has 0 unspecified atom stereocenters. The van der Waals surface area contributed by atoms with E-state index in [-0.39, 0.29) is 11.4 Å². The van der Waals surface area contributed by atoms with E-state index in [1.54, 1.807) is 13.2 Å². The molecule has 1 amide bonds. The Hall–Kier alpha value is -3.33. The summed E-state index contributed by atoms with van der Waals surface area (Å²) < 4.78 is 7.47. The molecule has 0 atom stereocenters. The molecule has 1 N–H and O–H groups in total. The lowest BCUT2D eigenvalue weighted by Gasteiger charge is -2.20. The predicted octanol–water partition coefficient (Wildman–Crippen LogP) is 3.78. The van der Waals surface area contributed by atoms with Gasteiger partial charge in [0.1, 0.15) is 5.75 Å². The normalized spacial score (nSPS) is 19.5. The highest BCUT2D eigenvalue weighted by atomic mass is 32.2. The van der Waals surface area contributed by atoms with Gasteiger partial charge in [0.05, 0.1) is 12.7 Å². The molecule has 0 radical (unpaired) electrons. The minimum absolute atomic E-state index is 0.0629. The summed E-state index contributed by atoms with van der Waals surface area (Å²) in [6.07, 6.45) is 4.02. The first kappa shape index (κ1) is 20.6. The van der Waals surface area contributed by atoms with E-state index in [1.807, 2.05) is 44.2 Å². The van der Waals surface area contributed by atoms with Crippen molar-refractivity contribution in [3.05, 3.63) is 52.9 Å². The molecule has 32 heavy (non-hydrogen) atoms. The molecule has 164 valence electrons. The monoisotopic (exact) mass is 448 g/mol. The van der Waals surface area contributed by atoms with E-state index in [4.69, 9.17) is 10.1 Å². The molecule has 1 aromatic heterocycles. The first-order chi connectivity index (χ1) is 15.5. The maximum Gasteiger partial charge on any atom is 0.283 e. The Morgan fingerprint density at radius 1 is 1.16 bits per heavy atom. The number of nitrogens with zero attached hydrogens (tertiary/aromatic N) is 5. The number of thioether (sulfide) groups is 1. The lowest BCUT2D eigenvalue weighted by molar-refractivity contribution is -0.114. The number of hydrazone groups is 1. The van der Waals surface area contributed by atoms with Crippen LogP contribution in [0.25, 0.3) is 11.8 Å². The van der Waals surface area contributed by atoms with Gasteiger partial charge in [-0.1, -0.05) is 6.07 Å². The summed E-state index contributed by atoms with van der Waals surface area (Å²) in [5, 5.41) is 16.0. The molecule has 1 saturated heterocycles. The Labute approximate surface area is 190 Å². The number of carbonyl (C=O) groups is 1. The number of likely N-dealkylation sites (tertiary alicyclic amines) is 1. The van der Waals surface area contributed by atoms with E-state index in [0.717, 1.165) is 59.5 Å². The maximum atomic E-state index is 12.8. The summed E-state index contributed by atoms with van der Waals surface area (Å²) >= 11 is 1.37. The van der Waals surface area contributed by atoms with Gasteiger partial charge in [0, 0.05) is 36.2 Å². The van der Waals surface area contributed by atoms with Crippen molar-refractivity contribution in [1.29, 1.82) is 5.41 Å². The smallest absolute Gasteiger partial charge is 0.283 e. The number of hydrogen-bond acceptors (Lipinski definition) is 6. The number of aliphatic imine (C=N–C) groups is 1. The van der Waals surface area contributed by atoms with Crippen LogP contribution in [0, 0.1) is 19.3 Å². The second kappa shape index (κ2) is 7.98. The number of hydrogen-bond donors (Lipinski definition) is 1. The zero-order valence-corrected chi connectivity index (χ0v) is 19.1. The van der Waals surface area contributed by atoms with Crippen LogP contribution in [0.4, 0.5) is 0 Å². The number of carbonyl (C=O) groups excluding carboxylic acids is 1. The summed E-state index contributed by atoms with van der Waals surface area (Å²) in [7, 11) is 1.65. The fourth-order valence-electron chi connectivity index (χ4n) is 4.25. The average molecular weight is 449 g/mol. The van der Waals surface area contributed by atoms with Crippen molar-refractivity contribution in [3.8, 4) is 11.4 Å². The van der Waals surface area contributed by atoms with Gasteiger partial charge in [-0.3, -0.25) is 10.2 Å². The fourth-order valence-corrected chi connectivity index (χ4v) is 5.20. The van der Waals surface area contributed by atoms with Crippen LogP contribution in [-0.2, 0) is 4.79 Å². The van der Waals surface area contributed by atoms with Crippen LogP contribution in [0.2, 0.25) is 0 Å². The zero-order chi connectivity index (χ0) is 22.4. The number of fused-ring (bicyclic) bond motifs is 1. The molecule has 0 bridgehead atoms. The summed E-state index contributed by atoms with van der Waals surface area (Å²) in [4.78, 5) is 19.2. The van der Waals surface area contributed by atoms with Gasteiger partial charge in [0.2, 0.25) is 5.17 Å². The van der Waals surface area contributed by atoms with E-state index in [0.29, 0.717) is 5.17 Å². The molecule has 0 aliphatic carbocycles. The van der Waals surface area contributed by atoms with Gasteiger partial charge in [0.15, 0.2) is 11.0 Å². The first-order valence-electron chi connectivity index (χ1n) is 10.5. The van der Waals surface area contributed by atoms with Crippen LogP contribution in [-0.4, -0.2) is 56.8 Å². The van der Waals surface area contributed by atoms with Crippen LogP contribution in [0.5, 0.6) is 5.75 Å². The highest BCUT2D eigenvalue weighted by Crippen LogP contribution is 2.32. The van der Waals surface area contributed by atoms with Crippen molar-refractivity contribution in [2.75, 3.05) is 20.2 Å². The molecule has 3 aliphatic rings. The number of rotatable bonds is 3.